The Morgan fingerprint density at radius 1 is 1.28 bits per heavy atom. The molecule has 1 aromatic heterocycles. The van der Waals surface area contributed by atoms with Crippen LogP contribution in [0.3, 0.4) is 0 Å². The molecule has 92 valence electrons. The number of benzene rings is 1. The van der Waals surface area contributed by atoms with Gasteiger partial charge in [0.2, 0.25) is 5.91 Å². The smallest absolute Gasteiger partial charge is 0.225 e. The minimum atomic E-state index is -0.418. The van der Waals surface area contributed by atoms with E-state index < -0.39 is 5.92 Å². The number of hydrogen-bond acceptors (Lipinski definition) is 3. The van der Waals surface area contributed by atoms with Crippen LogP contribution in [-0.4, -0.2) is 15.9 Å². The summed E-state index contributed by atoms with van der Waals surface area (Å²) in [4.78, 5) is 19.6. The van der Waals surface area contributed by atoms with E-state index in [1.165, 1.54) is 6.20 Å². The zero-order valence-corrected chi connectivity index (χ0v) is 10.3. The number of nitrogens with zero attached hydrogens (tertiary/aromatic N) is 2. The summed E-state index contributed by atoms with van der Waals surface area (Å²) in [7, 11) is 0. The molecule has 0 fully saturated rings. The Morgan fingerprint density at radius 2 is 2.00 bits per heavy atom. The van der Waals surface area contributed by atoms with E-state index in [2.05, 4.69) is 9.97 Å². The largest absolute Gasteiger partial charge is 0.369 e. The molecule has 0 bridgehead atoms. The average Bonchev–Trinajstić information content (AvgIpc) is 2.37. The van der Waals surface area contributed by atoms with E-state index in [4.69, 9.17) is 17.3 Å². The van der Waals surface area contributed by atoms with Gasteiger partial charge in [0.1, 0.15) is 5.15 Å². The van der Waals surface area contributed by atoms with Gasteiger partial charge in [-0.3, -0.25) is 9.78 Å². The molecule has 0 saturated carbocycles. The van der Waals surface area contributed by atoms with Crippen molar-refractivity contribution >= 4 is 17.5 Å². The van der Waals surface area contributed by atoms with Gasteiger partial charge in [0.15, 0.2) is 0 Å². The first-order valence-corrected chi connectivity index (χ1v) is 5.85. The Kier molecular flexibility index (Phi) is 3.89. The molecule has 5 heteroatoms. The number of primary amides is 1. The van der Waals surface area contributed by atoms with Gasteiger partial charge in [-0.25, -0.2) is 4.98 Å². The maximum Gasteiger partial charge on any atom is 0.225 e. The van der Waals surface area contributed by atoms with Crippen LogP contribution in [-0.2, 0) is 11.2 Å². The van der Waals surface area contributed by atoms with Crippen LogP contribution in [0, 0.1) is 0 Å². The van der Waals surface area contributed by atoms with Crippen molar-refractivity contribution in [3.8, 4) is 0 Å². The standard InChI is InChI=1S/C13H12ClN3O/c14-12-8-16-7-10(17-12)6-11(13(15)18)9-4-2-1-3-5-9/h1-5,7-8,11H,6H2,(H2,15,18). The Balaban J connectivity index is 2.25. The molecule has 18 heavy (non-hydrogen) atoms. The zero-order chi connectivity index (χ0) is 13.0. The van der Waals surface area contributed by atoms with E-state index in [-0.39, 0.29) is 5.91 Å². The number of carbonyl (C=O) groups is 1. The first kappa shape index (κ1) is 12.5. The summed E-state index contributed by atoms with van der Waals surface area (Å²) in [6.45, 7) is 0. The van der Waals surface area contributed by atoms with Gasteiger partial charge in [-0.05, 0) is 5.56 Å². The molecule has 1 aromatic carbocycles. The van der Waals surface area contributed by atoms with E-state index in [9.17, 15) is 4.79 Å². The van der Waals surface area contributed by atoms with Crippen molar-refractivity contribution in [3.63, 3.8) is 0 Å². The SMILES string of the molecule is NC(=O)C(Cc1cncc(Cl)n1)c1ccccc1. The minimum absolute atomic E-state index is 0.309. The van der Waals surface area contributed by atoms with Crippen LogP contribution in [0.5, 0.6) is 0 Å². The number of carbonyl (C=O) groups excluding carboxylic acids is 1. The van der Waals surface area contributed by atoms with E-state index in [1.807, 2.05) is 30.3 Å². The lowest BCUT2D eigenvalue weighted by Gasteiger charge is -2.13. The highest BCUT2D eigenvalue weighted by Crippen LogP contribution is 2.19. The first-order valence-electron chi connectivity index (χ1n) is 5.47. The lowest BCUT2D eigenvalue weighted by molar-refractivity contribution is -0.119. The van der Waals surface area contributed by atoms with E-state index in [1.54, 1.807) is 6.20 Å². The van der Waals surface area contributed by atoms with Crippen molar-refractivity contribution in [2.45, 2.75) is 12.3 Å². The average molecular weight is 262 g/mol. The summed E-state index contributed by atoms with van der Waals surface area (Å²) < 4.78 is 0. The number of hydrogen-bond donors (Lipinski definition) is 1. The normalized spacial score (nSPS) is 12.1. The lowest BCUT2D eigenvalue weighted by atomic mass is 9.94. The molecule has 0 radical (unpaired) electrons. The minimum Gasteiger partial charge on any atom is -0.369 e. The summed E-state index contributed by atoms with van der Waals surface area (Å²) in [5, 5.41) is 0.309. The highest BCUT2D eigenvalue weighted by atomic mass is 35.5. The van der Waals surface area contributed by atoms with Crippen molar-refractivity contribution in [1.29, 1.82) is 0 Å². The predicted octanol–water partition coefficient (Wildman–Crippen LogP) is 1.94. The number of rotatable bonds is 4. The Morgan fingerprint density at radius 3 is 2.61 bits per heavy atom. The molecule has 0 aliphatic rings. The van der Waals surface area contributed by atoms with Gasteiger partial charge in [-0.2, -0.15) is 0 Å². The second-order valence-electron chi connectivity index (χ2n) is 3.90. The summed E-state index contributed by atoms with van der Waals surface area (Å²) in [5.41, 5.74) is 6.95. The molecule has 1 unspecified atom stereocenters. The van der Waals surface area contributed by atoms with Crippen LogP contribution in [0.4, 0.5) is 0 Å². The number of aromatic nitrogens is 2. The van der Waals surface area contributed by atoms with Gasteiger partial charge in [0.25, 0.3) is 0 Å². The fraction of sp³-hybridized carbons (Fsp3) is 0.154. The van der Waals surface area contributed by atoms with Gasteiger partial charge in [-0.15, -0.1) is 0 Å². The van der Waals surface area contributed by atoms with Gasteiger partial charge in [0.05, 0.1) is 17.8 Å². The Bertz CT molecular complexity index is 545. The van der Waals surface area contributed by atoms with Crippen molar-refractivity contribution < 1.29 is 4.79 Å². The number of amides is 1. The van der Waals surface area contributed by atoms with Crippen molar-refractivity contribution in [1.82, 2.24) is 9.97 Å². The highest BCUT2D eigenvalue weighted by Gasteiger charge is 2.19. The molecule has 0 aliphatic carbocycles. The summed E-state index contributed by atoms with van der Waals surface area (Å²) in [6, 6.07) is 9.37. The quantitative estimate of drug-likeness (QED) is 0.914. The molecule has 2 N–H and O–H groups in total. The fourth-order valence-electron chi connectivity index (χ4n) is 1.76. The monoisotopic (exact) mass is 261 g/mol. The number of nitrogens with two attached hydrogens (primary N) is 1. The van der Waals surface area contributed by atoms with Crippen LogP contribution in [0.25, 0.3) is 0 Å². The van der Waals surface area contributed by atoms with Crippen LogP contribution < -0.4 is 5.73 Å². The Hall–Kier alpha value is -1.94. The highest BCUT2D eigenvalue weighted by molar-refractivity contribution is 6.29. The molecular weight excluding hydrogens is 250 g/mol. The zero-order valence-electron chi connectivity index (χ0n) is 9.58. The van der Waals surface area contributed by atoms with Gasteiger partial charge < -0.3 is 5.73 Å². The van der Waals surface area contributed by atoms with Crippen molar-refractivity contribution in [2.75, 3.05) is 0 Å². The molecule has 1 atom stereocenters. The van der Waals surface area contributed by atoms with Crippen molar-refractivity contribution in [3.05, 3.63) is 59.1 Å². The summed E-state index contributed by atoms with van der Waals surface area (Å²) in [6.07, 6.45) is 3.44. The molecular formula is C13H12ClN3O. The molecule has 0 spiro atoms. The van der Waals surface area contributed by atoms with Crippen molar-refractivity contribution in [2.24, 2.45) is 5.73 Å². The third-order valence-corrected chi connectivity index (χ3v) is 2.80. The van der Waals surface area contributed by atoms with Crippen LogP contribution in [0.1, 0.15) is 17.2 Å². The lowest BCUT2D eigenvalue weighted by Crippen LogP contribution is -2.23. The Labute approximate surface area is 110 Å². The molecule has 2 aromatic rings. The van der Waals surface area contributed by atoms with Gasteiger partial charge in [-0.1, -0.05) is 41.9 Å². The summed E-state index contributed by atoms with van der Waals surface area (Å²) in [5.74, 6) is -0.804. The predicted molar refractivity (Wildman–Crippen MR) is 69.1 cm³/mol. The third kappa shape index (κ3) is 3.05. The first-order chi connectivity index (χ1) is 8.66. The van der Waals surface area contributed by atoms with Crippen LogP contribution >= 0.6 is 11.6 Å². The van der Waals surface area contributed by atoms with Gasteiger partial charge in [0, 0.05) is 12.6 Å². The third-order valence-electron chi connectivity index (χ3n) is 2.61. The molecule has 1 amide bonds. The fourth-order valence-corrected chi connectivity index (χ4v) is 1.92. The van der Waals surface area contributed by atoms with Crippen LogP contribution in [0.15, 0.2) is 42.7 Å². The van der Waals surface area contributed by atoms with E-state index >= 15 is 0 Å². The second kappa shape index (κ2) is 5.60. The molecule has 0 aliphatic heterocycles. The van der Waals surface area contributed by atoms with E-state index in [0.717, 1.165) is 5.56 Å². The van der Waals surface area contributed by atoms with Crippen LogP contribution in [0.2, 0.25) is 5.15 Å². The number of halogens is 1. The molecule has 2 rings (SSSR count). The van der Waals surface area contributed by atoms with Gasteiger partial charge >= 0.3 is 0 Å². The molecule has 4 nitrogen and oxygen atoms in total. The summed E-state index contributed by atoms with van der Waals surface area (Å²) >= 11 is 5.76. The maximum atomic E-state index is 11.5. The maximum absolute atomic E-state index is 11.5. The molecule has 1 heterocycles. The molecule has 0 saturated heterocycles. The topological polar surface area (TPSA) is 68.9 Å². The van der Waals surface area contributed by atoms with E-state index in [0.29, 0.717) is 17.3 Å². The second-order valence-corrected chi connectivity index (χ2v) is 4.29.